The lowest BCUT2D eigenvalue weighted by Gasteiger charge is -2.10. The highest BCUT2D eigenvalue weighted by molar-refractivity contribution is 5.79. The zero-order valence-corrected chi connectivity index (χ0v) is 19.1. The lowest BCUT2D eigenvalue weighted by molar-refractivity contribution is 1.41. The van der Waals surface area contributed by atoms with E-state index in [0.717, 1.165) is 5.22 Å². The van der Waals surface area contributed by atoms with Crippen LogP contribution in [0.5, 0.6) is 0 Å². The van der Waals surface area contributed by atoms with Crippen LogP contribution in [0.15, 0.2) is 72.8 Å². The van der Waals surface area contributed by atoms with Crippen LogP contribution in [0.25, 0.3) is 12.2 Å². The number of hydrogen-bond acceptors (Lipinski definition) is 0. The fourth-order valence-corrected chi connectivity index (χ4v) is 2.61. The molecule has 3 aromatic rings. The first-order valence-electron chi connectivity index (χ1n) is 10.6. The molecule has 0 spiro atoms. The zero-order chi connectivity index (χ0) is 21.5. The van der Waals surface area contributed by atoms with Gasteiger partial charge in [0, 0.05) is 0 Å². The predicted octanol–water partition coefficient (Wildman–Crippen LogP) is 7.04. The van der Waals surface area contributed by atoms with Gasteiger partial charge in [-0.2, -0.15) is 0 Å². The van der Waals surface area contributed by atoms with Crippen molar-refractivity contribution in [3.63, 3.8) is 0 Å². The third kappa shape index (κ3) is 7.56. The van der Waals surface area contributed by atoms with Gasteiger partial charge in [0.2, 0.25) is 0 Å². The molecule has 0 N–H and O–H groups in total. The minimum Gasteiger partial charge on any atom is -0.0918 e. The van der Waals surface area contributed by atoms with Gasteiger partial charge >= 0.3 is 0 Å². The van der Waals surface area contributed by atoms with Crippen molar-refractivity contribution in [1.82, 2.24) is 0 Å². The second-order valence-corrected chi connectivity index (χ2v) is 5.80. The van der Waals surface area contributed by atoms with Crippen LogP contribution in [0.1, 0.15) is 63.8 Å². The summed E-state index contributed by atoms with van der Waals surface area (Å²) in [5, 5.41) is 2.26. The van der Waals surface area contributed by atoms with Gasteiger partial charge in [0.15, 0.2) is 0 Å². The second-order valence-electron chi connectivity index (χ2n) is 5.80. The highest BCUT2D eigenvalue weighted by atomic mass is 14.1. The van der Waals surface area contributed by atoms with E-state index in [-0.39, 0.29) is 0 Å². The van der Waals surface area contributed by atoms with Crippen LogP contribution in [0.2, 0.25) is 0 Å². The van der Waals surface area contributed by atoms with Gasteiger partial charge in [0.25, 0.3) is 0 Å². The SMILES string of the molecule is C=c1ccc(=C(c2ccc(C)cc2)c2ccc(C)cc2)cc1.CC.CC.CC. The van der Waals surface area contributed by atoms with E-state index in [2.05, 4.69) is 93.2 Å². The van der Waals surface area contributed by atoms with Crippen LogP contribution >= 0.6 is 0 Å². The molecule has 0 saturated heterocycles. The fraction of sp³-hybridized carbons (Fsp3) is 0.286. The molecule has 0 aliphatic carbocycles. The summed E-state index contributed by atoms with van der Waals surface area (Å²) in [5.74, 6) is 0. The summed E-state index contributed by atoms with van der Waals surface area (Å²) < 4.78 is 0. The van der Waals surface area contributed by atoms with Gasteiger partial charge in [-0.1, -0.05) is 132 Å². The van der Waals surface area contributed by atoms with Crippen molar-refractivity contribution in [3.8, 4) is 0 Å². The Kier molecular flexibility index (Phi) is 13.1. The number of aryl methyl sites for hydroxylation is 2. The van der Waals surface area contributed by atoms with Crippen molar-refractivity contribution in [1.29, 1.82) is 0 Å². The number of rotatable bonds is 2. The fourth-order valence-electron chi connectivity index (χ4n) is 2.61. The van der Waals surface area contributed by atoms with Gasteiger partial charge in [-0.25, -0.2) is 0 Å². The van der Waals surface area contributed by atoms with E-state index >= 15 is 0 Å². The molecule has 0 fully saturated rings. The summed E-state index contributed by atoms with van der Waals surface area (Å²) in [6, 6.07) is 25.9. The van der Waals surface area contributed by atoms with E-state index in [9.17, 15) is 0 Å². The van der Waals surface area contributed by atoms with Crippen molar-refractivity contribution in [2.75, 3.05) is 0 Å². The van der Waals surface area contributed by atoms with Crippen molar-refractivity contribution in [3.05, 3.63) is 105 Å². The Morgan fingerprint density at radius 3 is 1.14 bits per heavy atom. The van der Waals surface area contributed by atoms with Gasteiger partial charge in [0.1, 0.15) is 0 Å². The molecule has 0 heteroatoms. The third-order valence-corrected chi connectivity index (χ3v) is 3.92. The van der Waals surface area contributed by atoms with Gasteiger partial charge in [0.05, 0.1) is 0 Å². The summed E-state index contributed by atoms with van der Waals surface area (Å²) in [4.78, 5) is 0. The lowest BCUT2D eigenvalue weighted by Crippen LogP contribution is -2.11. The first-order valence-corrected chi connectivity index (χ1v) is 10.6. The molecular formula is C28H38. The van der Waals surface area contributed by atoms with Gasteiger partial charge in [-0.05, 0) is 41.0 Å². The minimum absolute atomic E-state index is 1.04. The molecule has 3 rings (SSSR count). The maximum Gasteiger partial charge on any atom is -0.00389 e. The first kappa shape index (κ1) is 25.4. The van der Waals surface area contributed by atoms with Crippen molar-refractivity contribution < 1.29 is 0 Å². The van der Waals surface area contributed by atoms with Crippen molar-refractivity contribution >= 4 is 12.2 Å². The molecule has 3 aromatic carbocycles. The Morgan fingerprint density at radius 1 is 0.500 bits per heavy atom. The molecule has 0 nitrogen and oxygen atoms in total. The first-order chi connectivity index (χ1) is 13.6. The average molecular weight is 375 g/mol. The molecule has 0 atom stereocenters. The predicted molar refractivity (Wildman–Crippen MR) is 129 cm³/mol. The average Bonchev–Trinajstić information content (AvgIpc) is 2.77. The third-order valence-electron chi connectivity index (χ3n) is 3.92. The molecule has 0 amide bonds. The number of benzene rings is 3. The van der Waals surface area contributed by atoms with E-state index in [1.807, 2.05) is 41.5 Å². The van der Waals surface area contributed by atoms with Gasteiger partial charge in [-0.15, -0.1) is 0 Å². The van der Waals surface area contributed by atoms with Crippen molar-refractivity contribution in [2.45, 2.75) is 55.4 Å². The van der Waals surface area contributed by atoms with E-state index in [4.69, 9.17) is 0 Å². The van der Waals surface area contributed by atoms with E-state index in [0.29, 0.717) is 0 Å². The molecule has 0 radical (unpaired) electrons. The van der Waals surface area contributed by atoms with Crippen LogP contribution in [-0.4, -0.2) is 0 Å². The Balaban J connectivity index is 0.00000111. The summed E-state index contributed by atoms with van der Waals surface area (Å²) in [5.41, 5.74) is 6.30. The Hall–Kier alpha value is -2.60. The van der Waals surface area contributed by atoms with Gasteiger partial charge in [-0.3, -0.25) is 0 Å². The molecule has 0 saturated carbocycles. The van der Waals surface area contributed by atoms with E-state index < -0.39 is 0 Å². The standard InChI is InChI=1S/C22H20.3C2H6/c1-16-4-10-19(11-5-16)22(20-12-6-17(2)7-13-20)21-14-8-18(3)9-15-21;3*1-2/h4-15H,1H2,2-3H3;3*1-2H3. The number of hydrogen-bond donors (Lipinski definition) is 0. The minimum atomic E-state index is 1.04. The Morgan fingerprint density at radius 2 is 0.821 bits per heavy atom. The highest BCUT2D eigenvalue weighted by Crippen LogP contribution is 2.21. The topological polar surface area (TPSA) is 0 Å². The monoisotopic (exact) mass is 374 g/mol. The summed E-state index contributed by atoms with van der Waals surface area (Å²) in [6.45, 7) is 20.2. The maximum atomic E-state index is 3.98. The zero-order valence-electron chi connectivity index (χ0n) is 19.1. The molecule has 0 bridgehead atoms. The van der Waals surface area contributed by atoms with Crippen LogP contribution in [0.4, 0.5) is 0 Å². The summed E-state index contributed by atoms with van der Waals surface area (Å²) in [6.07, 6.45) is 0. The van der Waals surface area contributed by atoms with E-state index in [1.165, 1.54) is 33.0 Å². The van der Waals surface area contributed by atoms with Crippen LogP contribution in [-0.2, 0) is 0 Å². The van der Waals surface area contributed by atoms with Crippen LogP contribution in [0.3, 0.4) is 0 Å². The molecule has 150 valence electrons. The maximum absolute atomic E-state index is 3.98. The van der Waals surface area contributed by atoms with Gasteiger partial charge < -0.3 is 0 Å². The van der Waals surface area contributed by atoms with Crippen LogP contribution in [0, 0.1) is 13.8 Å². The molecular weight excluding hydrogens is 336 g/mol. The smallest absolute Gasteiger partial charge is 0.00389 e. The summed E-state index contributed by atoms with van der Waals surface area (Å²) >= 11 is 0. The second kappa shape index (κ2) is 14.5. The largest absolute Gasteiger partial charge is 0.0918 e. The molecule has 28 heavy (non-hydrogen) atoms. The van der Waals surface area contributed by atoms with Crippen LogP contribution < -0.4 is 10.4 Å². The quantitative estimate of drug-likeness (QED) is 0.451. The normalized spacial score (nSPS) is 8.86. The highest BCUT2D eigenvalue weighted by Gasteiger charge is 2.06. The lowest BCUT2D eigenvalue weighted by atomic mass is 9.94. The molecule has 0 aliphatic rings. The van der Waals surface area contributed by atoms with E-state index in [1.54, 1.807) is 0 Å². The Bertz CT molecular complexity index is 811. The molecule has 0 aromatic heterocycles. The molecule has 0 unspecified atom stereocenters. The summed E-state index contributed by atoms with van der Waals surface area (Å²) in [7, 11) is 0. The van der Waals surface area contributed by atoms with Crippen molar-refractivity contribution in [2.24, 2.45) is 0 Å². The molecule has 0 heterocycles. The Labute approximate surface area is 173 Å². The molecule has 0 aliphatic heterocycles.